The number of aromatic nitrogens is 2. The normalized spacial score (nSPS) is 18.3. The molecule has 0 unspecified atom stereocenters. The number of fused-ring (bicyclic) bond motifs is 1. The SMILES string of the molecule is O=C(c1ccccc1Cl)N1CCN(C(=O)[C@H]2CCCN(Cc3nc4ccccc4n3-c3ccc(Br)cc3)C2)CC1. The first-order chi connectivity index (χ1) is 19.5. The van der Waals surface area contributed by atoms with Gasteiger partial charge in [0, 0.05) is 42.9 Å². The lowest BCUT2D eigenvalue weighted by molar-refractivity contribution is -0.139. The molecule has 7 nitrogen and oxygen atoms in total. The zero-order valence-electron chi connectivity index (χ0n) is 22.2. The minimum atomic E-state index is -0.0739. The molecule has 0 aliphatic carbocycles. The fourth-order valence-corrected chi connectivity index (χ4v) is 6.33. The Hall–Kier alpha value is -3.20. The number of para-hydroxylation sites is 2. The van der Waals surface area contributed by atoms with Crippen molar-refractivity contribution < 1.29 is 9.59 Å². The van der Waals surface area contributed by atoms with Crippen molar-refractivity contribution in [3.05, 3.63) is 93.7 Å². The average molecular weight is 621 g/mol. The van der Waals surface area contributed by atoms with Gasteiger partial charge in [-0.05, 0) is 67.9 Å². The summed E-state index contributed by atoms with van der Waals surface area (Å²) in [6.45, 7) is 4.45. The van der Waals surface area contributed by atoms with Crippen molar-refractivity contribution in [2.45, 2.75) is 19.4 Å². The zero-order valence-corrected chi connectivity index (χ0v) is 24.5. The van der Waals surface area contributed by atoms with Crippen molar-refractivity contribution in [1.29, 1.82) is 0 Å². The van der Waals surface area contributed by atoms with E-state index in [-0.39, 0.29) is 17.7 Å². The number of piperidine rings is 1. The summed E-state index contributed by atoms with van der Waals surface area (Å²) < 4.78 is 3.26. The molecule has 3 heterocycles. The van der Waals surface area contributed by atoms with E-state index in [0.717, 1.165) is 46.4 Å². The van der Waals surface area contributed by atoms with Crippen LogP contribution < -0.4 is 0 Å². The maximum Gasteiger partial charge on any atom is 0.255 e. The number of carbonyl (C=O) groups is 2. The van der Waals surface area contributed by atoms with Crippen LogP contribution in [0.1, 0.15) is 29.0 Å². The van der Waals surface area contributed by atoms with Crippen LogP contribution in [0.2, 0.25) is 5.02 Å². The van der Waals surface area contributed by atoms with E-state index in [1.54, 1.807) is 17.0 Å². The molecule has 40 heavy (non-hydrogen) atoms. The third-order valence-electron chi connectivity index (χ3n) is 7.92. The Morgan fingerprint density at radius 1 is 0.875 bits per heavy atom. The fourth-order valence-electron chi connectivity index (χ4n) is 5.85. The molecule has 2 saturated heterocycles. The van der Waals surface area contributed by atoms with Gasteiger partial charge in [-0.25, -0.2) is 4.98 Å². The second-order valence-electron chi connectivity index (χ2n) is 10.5. The number of imidazole rings is 1. The predicted molar refractivity (Wildman–Crippen MR) is 161 cm³/mol. The Labute approximate surface area is 247 Å². The molecule has 206 valence electrons. The molecule has 2 amide bonds. The van der Waals surface area contributed by atoms with Crippen LogP contribution >= 0.6 is 27.5 Å². The molecule has 1 aromatic heterocycles. The van der Waals surface area contributed by atoms with Crippen molar-refractivity contribution in [1.82, 2.24) is 24.3 Å². The van der Waals surface area contributed by atoms with E-state index < -0.39 is 0 Å². The highest BCUT2D eigenvalue weighted by atomic mass is 79.9. The lowest BCUT2D eigenvalue weighted by Crippen LogP contribution is -2.53. The van der Waals surface area contributed by atoms with Crippen LogP contribution in [0.15, 0.2) is 77.3 Å². The molecule has 2 aliphatic heterocycles. The Kier molecular flexibility index (Phi) is 7.91. The van der Waals surface area contributed by atoms with E-state index >= 15 is 0 Å². The monoisotopic (exact) mass is 619 g/mol. The van der Waals surface area contributed by atoms with E-state index in [0.29, 0.717) is 49.9 Å². The average Bonchev–Trinajstić information content (AvgIpc) is 3.35. The van der Waals surface area contributed by atoms with Gasteiger partial charge in [0.15, 0.2) is 0 Å². The van der Waals surface area contributed by atoms with Gasteiger partial charge in [-0.15, -0.1) is 0 Å². The van der Waals surface area contributed by atoms with Crippen LogP contribution in [-0.2, 0) is 11.3 Å². The first kappa shape index (κ1) is 27.0. The number of piperazine rings is 1. The number of halogens is 2. The lowest BCUT2D eigenvalue weighted by atomic mass is 9.96. The van der Waals surface area contributed by atoms with E-state index in [9.17, 15) is 9.59 Å². The fraction of sp³-hybridized carbons (Fsp3) is 0.323. The van der Waals surface area contributed by atoms with Crippen molar-refractivity contribution in [2.75, 3.05) is 39.3 Å². The summed E-state index contributed by atoms with van der Waals surface area (Å²) in [4.78, 5) is 37.6. The number of rotatable bonds is 5. The lowest BCUT2D eigenvalue weighted by Gasteiger charge is -2.39. The summed E-state index contributed by atoms with van der Waals surface area (Å²) in [6, 6.07) is 23.6. The van der Waals surface area contributed by atoms with Gasteiger partial charge in [0.1, 0.15) is 5.82 Å². The van der Waals surface area contributed by atoms with E-state index in [2.05, 4.69) is 43.6 Å². The molecule has 0 spiro atoms. The van der Waals surface area contributed by atoms with Gasteiger partial charge in [0.25, 0.3) is 5.91 Å². The van der Waals surface area contributed by atoms with Crippen LogP contribution in [0.25, 0.3) is 16.7 Å². The highest BCUT2D eigenvalue weighted by Gasteiger charge is 2.33. The van der Waals surface area contributed by atoms with Crippen molar-refractivity contribution in [3.63, 3.8) is 0 Å². The van der Waals surface area contributed by atoms with Gasteiger partial charge in [0.2, 0.25) is 5.91 Å². The molecular formula is C31H31BrClN5O2. The maximum absolute atomic E-state index is 13.6. The summed E-state index contributed by atoms with van der Waals surface area (Å²) in [5.74, 6) is 1.04. The largest absolute Gasteiger partial charge is 0.339 e. The summed E-state index contributed by atoms with van der Waals surface area (Å²) in [6.07, 6.45) is 1.86. The van der Waals surface area contributed by atoms with E-state index in [1.807, 2.05) is 47.4 Å². The Balaban J connectivity index is 1.12. The summed E-state index contributed by atoms with van der Waals surface area (Å²) in [5, 5.41) is 0.460. The van der Waals surface area contributed by atoms with Crippen molar-refractivity contribution in [2.24, 2.45) is 5.92 Å². The number of nitrogens with zero attached hydrogens (tertiary/aromatic N) is 5. The smallest absolute Gasteiger partial charge is 0.255 e. The minimum absolute atomic E-state index is 0.0509. The first-order valence-electron chi connectivity index (χ1n) is 13.7. The van der Waals surface area contributed by atoms with Gasteiger partial charge in [0.05, 0.1) is 34.1 Å². The number of benzene rings is 3. The quantitative estimate of drug-likeness (QED) is 0.290. The van der Waals surface area contributed by atoms with Crippen LogP contribution in [-0.4, -0.2) is 75.3 Å². The molecule has 1 atom stereocenters. The molecule has 2 aliphatic rings. The third kappa shape index (κ3) is 5.53. The standard InChI is InChI=1S/C31H31BrClN5O2/c32-23-11-13-24(14-12-23)38-28-10-4-3-9-27(28)34-29(38)21-35-15-5-6-22(20-35)30(39)36-16-18-37(19-17-36)31(40)25-7-1-2-8-26(25)33/h1-4,7-14,22H,5-6,15-21H2/t22-/m0/s1. The topological polar surface area (TPSA) is 61.7 Å². The highest BCUT2D eigenvalue weighted by molar-refractivity contribution is 9.10. The molecular weight excluding hydrogens is 590 g/mol. The molecule has 0 N–H and O–H groups in total. The molecule has 2 fully saturated rings. The van der Waals surface area contributed by atoms with Crippen LogP contribution in [0.5, 0.6) is 0 Å². The number of carbonyl (C=O) groups excluding carboxylic acids is 2. The molecule has 4 aromatic rings. The summed E-state index contributed by atoms with van der Waals surface area (Å²) >= 11 is 9.78. The van der Waals surface area contributed by atoms with Gasteiger partial charge in [-0.2, -0.15) is 0 Å². The second-order valence-corrected chi connectivity index (χ2v) is 11.8. The highest BCUT2D eigenvalue weighted by Crippen LogP contribution is 2.27. The number of amides is 2. The predicted octanol–water partition coefficient (Wildman–Crippen LogP) is 5.64. The minimum Gasteiger partial charge on any atom is -0.339 e. The molecule has 0 saturated carbocycles. The zero-order chi connectivity index (χ0) is 27.6. The molecule has 9 heteroatoms. The van der Waals surface area contributed by atoms with E-state index in [1.165, 1.54) is 0 Å². The van der Waals surface area contributed by atoms with Crippen LogP contribution in [0, 0.1) is 5.92 Å². The van der Waals surface area contributed by atoms with Gasteiger partial charge in [-0.3, -0.25) is 19.1 Å². The first-order valence-corrected chi connectivity index (χ1v) is 14.9. The number of hydrogen-bond donors (Lipinski definition) is 0. The van der Waals surface area contributed by atoms with Gasteiger partial charge < -0.3 is 9.80 Å². The van der Waals surface area contributed by atoms with Gasteiger partial charge >= 0.3 is 0 Å². The Morgan fingerprint density at radius 3 is 2.35 bits per heavy atom. The Morgan fingerprint density at radius 2 is 1.57 bits per heavy atom. The third-order valence-corrected chi connectivity index (χ3v) is 8.78. The molecule has 3 aromatic carbocycles. The van der Waals surface area contributed by atoms with Crippen molar-refractivity contribution in [3.8, 4) is 5.69 Å². The molecule has 0 bridgehead atoms. The van der Waals surface area contributed by atoms with Crippen LogP contribution in [0.3, 0.4) is 0 Å². The summed E-state index contributed by atoms with van der Waals surface area (Å²) in [7, 11) is 0. The Bertz CT molecular complexity index is 1530. The van der Waals surface area contributed by atoms with Gasteiger partial charge in [-0.1, -0.05) is 51.8 Å². The number of likely N-dealkylation sites (tertiary alicyclic amines) is 1. The van der Waals surface area contributed by atoms with Crippen molar-refractivity contribution >= 4 is 50.4 Å². The molecule has 0 radical (unpaired) electrons. The summed E-state index contributed by atoms with van der Waals surface area (Å²) in [5.41, 5.74) is 3.63. The van der Waals surface area contributed by atoms with E-state index in [4.69, 9.17) is 16.6 Å². The maximum atomic E-state index is 13.6. The van der Waals surface area contributed by atoms with Crippen LogP contribution in [0.4, 0.5) is 0 Å². The number of hydrogen-bond acceptors (Lipinski definition) is 4. The second kappa shape index (κ2) is 11.7. The molecule has 6 rings (SSSR count).